The van der Waals surface area contributed by atoms with Gasteiger partial charge in [0, 0.05) is 16.8 Å². The number of hydrogen-bond acceptors (Lipinski definition) is 4. The van der Waals surface area contributed by atoms with Crippen molar-refractivity contribution in [2.75, 3.05) is 5.32 Å². The Labute approximate surface area is 191 Å². The lowest BCUT2D eigenvalue weighted by Gasteiger charge is -2.10. The third kappa shape index (κ3) is 4.86. The van der Waals surface area contributed by atoms with Gasteiger partial charge in [-0.3, -0.25) is 9.48 Å². The molecule has 4 aromatic rings. The molecule has 1 amide bonds. The number of hydrogen-bond donors (Lipinski definition) is 1. The molecule has 7 heteroatoms. The molecule has 1 N–H and O–H groups in total. The number of aryl methyl sites for hydroxylation is 3. The number of aromatic nitrogens is 2. The van der Waals surface area contributed by atoms with Gasteiger partial charge in [-0.25, -0.2) is 0 Å². The molecular formula is C25H24ClN3O3. The summed E-state index contributed by atoms with van der Waals surface area (Å²) in [6, 6.07) is 18.8. The number of nitrogens with zero attached hydrogens (tertiary/aromatic N) is 2. The fourth-order valence-corrected chi connectivity index (χ4v) is 3.64. The summed E-state index contributed by atoms with van der Waals surface area (Å²) < 4.78 is 13.4. The number of nitrogens with one attached hydrogen (secondary N) is 1. The Kier molecular flexibility index (Phi) is 6.32. The Bertz CT molecular complexity index is 1240. The summed E-state index contributed by atoms with van der Waals surface area (Å²) in [4.78, 5) is 12.6. The first-order valence-electron chi connectivity index (χ1n) is 10.3. The average Bonchev–Trinajstić information content (AvgIpc) is 3.36. The summed E-state index contributed by atoms with van der Waals surface area (Å²) in [5.74, 6) is 1.67. The third-order valence-electron chi connectivity index (χ3n) is 5.15. The smallest absolute Gasteiger partial charge is 0.292 e. The first kappa shape index (κ1) is 21.7. The Hall–Kier alpha value is -3.51. The molecular weight excluding hydrogens is 426 g/mol. The highest BCUT2D eigenvalue weighted by molar-refractivity contribution is 6.31. The molecule has 0 saturated heterocycles. The van der Waals surface area contributed by atoms with Crippen LogP contribution in [0.1, 0.15) is 38.7 Å². The van der Waals surface area contributed by atoms with Crippen molar-refractivity contribution in [1.29, 1.82) is 0 Å². The summed E-state index contributed by atoms with van der Waals surface area (Å²) in [5, 5.41) is 7.94. The predicted octanol–water partition coefficient (Wildman–Crippen LogP) is 5.93. The molecule has 0 atom stereocenters. The van der Waals surface area contributed by atoms with E-state index < -0.39 is 0 Å². The number of amides is 1. The molecule has 0 aliphatic rings. The molecule has 32 heavy (non-hydrogen) atoms. The fraction of sp³-hybridized carbons (Fsp3) is 0.200. The number of benzene rings is 2. The summed E-state index contributed by atoms with van der Waals surface area (Å²) in [5.41, 5.74) is 3.97. The van der Waals surface area contributed by atoms with E-state index in [2.05, 4.69) is 10.4 Å². The molecule has 0 aliphatic heterocycles. The topological polar surface area (TPSA) is 69.3 Å². The van der Waals surface area contributed by atoms with Gasteiger partial charge in [0.15, 0.2) is 11.6 Å². The van der Waals surface area contributed by atoms with Gasteiger partial charge in [-0.05, 0) is 55.7 Å². The molecule has 0 radical (unpaired) electrons. The first-order chi connectivity index (χ1) is 15.4. The molecule has 2 heterocycles. The maximum atomic E-state index is 12.6. The van der Waals surface area contributed by atoms with Gasteiger partial charge in [0.25, 0.3) is 5.91 Å². The highest BCUT2D eigenvalue weighted by Gasteiger charge is 2.15. The summed E-state index contributed by atoms with van der Waals surface area (Å²) in [7, 11) is 0. The van der Waals surface area contributed by atoms with Crippen molar-refractivity contribution >= 4 is 23.3 Å². The van der Waals surface area contributed by atoms with Crippen LogP contribution in [0.25, 0.3) is 0 Å². The van der Waals surface area contributed by atoms with E-state index in [-0.39, 0.29) is 18.3 Å². The van der Waals surface area contributed by atoms with Crippen LogP contribution >= 0.6 is 11.6 Å². The number of carbonyl (C=O) groups excluding carboxylic acids is 1. The van der Waals surface area contributed by atoms with Crippen molar-refractivity contribution in [3.63, 3.8) is 0 Å². The molecule has 0 unspecified atom stereocenters. The lowest BCUT2D eigenvalue weighted by atomic mass is 10.1. The van der Waals surface area contributed by atoms with Gasteiger partial charge >= 0.3 is 0 Å². The van der Waals surface area contributed by atoms with Crippen LogP contribution in [-0.4, -0.2) is 15.7 Å². The second-order valence-corrected chi connectivity index (χ2v) is 8.06. The van der Waals surface area contributed by atoms with Crippen LogP contribution in [0, 0.1) is 20.8 Å². The van der Waals surface area contributed by atoms with Crippen LogP contribution in [0.4, 0.5) is 5.82 Å². The van der Waals surface area contributed by atoms with Gasteiger partial charge in [0.2, 0.25) is 0 Å². The molecule has 0 fully saturated rings. The van der Waals surface area contributed by atoms with E-state index in [9.17, 15) is 4.79 Å². The van der Waals surface area contributed by atoms with Crippen LogP contribution in [0.5, 0.6) is 5.75 Å². The van der Waals surface area contributed by atoms with Gasteiger partial charge in [-0.1, -0.05) is 48.0 Å². The number of rotatable bonds is 7. The molecule has 0 spiro atoms. The predicted molar refractivity (Wildman–Crippen MR) is 124 cm³/mol. The van der Waals surface area contributed by atoms with Crippen molar-refractivity contribution in [3.8, 4) is 5.75 Å². The Morgan fingerprint density at radius 1 is 1.06 bits per heavy atom. The van der Waals surface area contributed by atoms with E-state index in [4.69, 9.17) is 20.8 Å². The summed E-state index contributed by atoms with van der Waals surface area (Å²) in [6.45, 7) is 6.67. The van der Waals surface area contributed by atoms with Gasteiger partial charge in [0.05, 0.1) is 6.54 Å². The first-order valence-corrected chi connectivity index (χ1v) is 10.7. The quantitative estimate of drug-likeness (QED) is 0.379. The largest absolute Gasteiger partial charge is 0.485 e. The van der Waals surface area contributed by atoms with Gasteiger partial charge in [0.1, 0.15) is 18.1 Å². The molecule has 0 saturated carbocycles. The number of anilines is 1. The van der Waals surface area contributed by atoms with Crippen LogP contribution in [0.3, 0.4) is 0 Å². The van der Waals surface area contributed by atoms with Crippen molar-refractivity contribution in [1.82, 2.24) is 9.78 Å². The zero-order valence-electron chi connectivity index (χ0n) is 18.2. The minimum atomic E-state index is -0.370. The maximum absolute atomic E-state index is 12.6. The number of furan rings is 1. The van der Waals surface area contributed by atoms with Gasteiger partial charge in [-0.2, -0.15) is 5.10 Å². The fourth-order valence-electron chi connectivity index (χ4n) is 3.44. The molecule has 6 nitrogen and oxygen atoms in total. The van der Waals surface area contributed by atoms with E-state index in [1.807, 2.05) is 69.3 Å². The minimum absolute atomic E-state index is 0.198. The van der Waals surface area contributed by atoms with Crippen LogP contribution in [0.15, 0.2) is 65.1 Å². The highest BCUT2D eigenvalue weighted by atomic mass is 35.5. The average molecular weight is 450 g/mol. The van der Waals surface area contributed by atoms with Crippen LogP contribution in [-0.2, 0) is 13.2 Å². The zero-order chi connectivity index (χ0) is 22.7. The monoisotopic (exact) mass is 449 g/mol. The van der Waals surface area contributed by atoms with E-state index >= 15 is 0 Å². The number of ether oxygens (including phenoxy) is 1. The molecule has 2 aromatic heterocycles. The van der Waals surface area contributed by atoms with Crippen LogP contribution < -0.4 is 10.1 Å². The molecule has 0 bridgehead atoms. The molecule has 164 valence electrons. The molecule has 0 aliphatic carbocycles. The lowest BCUT2D eigenvalue weighted by Crippen LogP contribution is -2.12. The number of halogens is 1. The third-order valence-corrected chi connectivity index (χ3v) is 5.52. The van der Waals surface area contributed by atoms with Crippen molar-refractivity contribution in [2.24, 2.45) is 0 Å². The minimum Gasteiger partial charge on any atom is -0.485 e. The normalized spacial score (nSPS) is 10.9. The lowest BCUT2D eigenvalue weighted by molar-refractivity contribution is 0.0992. The van der Waals surface area contributed by atoms with Crippen LogP contribution in [0.2, 0.25) is 5.02 Å². The summed E-state index contributed by atoms with van der Waals surface area (Å²) in [6.07, 6.45) is 0. The Morgan fingerprint density at radius 3 is 2.56 bits per heavy atom. The number of carbonyl (C=O) groups is 1. The summed E-state index contributed by atoms with van der Waals surface area (Å²) >= 11 is 6.25. The zero-order valence-corrected chi connectivity index (χ0v) is 18.9. The second kappa shape index (κ2) is 9.32. The molecule has 2 aromatic carbocycles. The Morgan fingerprint density at radius 2 is 1.81 bits per heavy atom. The van der Waals surface area contributed by atoms with Gasteiger partial charge < -0.3 is 14.5 Å². The van der Waals surface area contributed by atoms with Crippen molar-refractivity contribution in [2.45, 2.75) is 33.9 Å². The maximum Gasteiger partial charge on any atom is 0.292 e. The van der Waals surface area contributed by atoms with E-state index in [1.54, 1.807) is 16.8 Å². The van der Waals surface area contributed by atoms with E-state index in [1.165, 1.54) is 0 Å². The second-order valence-electron chi connectivity index (χ2n) is 7.65. The van der Waals surface area contributed by atoms with E-state index in [0.717, 1.165) is 28.1 Å². The standard InChI is InChI=1S/C25H24ClN3O3/c1-16-7-6-8-17(2)24(16)31-15-20-11-12-22(32-20)25(30)27-23-13-18(3)29(28-23)14-19-9-4-5-10-21(19)26/h4-13H,14-15H2,1-3H3,(H,27,28,30). The SMILES string of the molecule is Cc1cccc(C)c1OCc1ccc(C(=O)Nc2cc(C)n(Cc3ccccc3Cl)n2)o1. The highest BCUT2D eigenvalue weighted by Crippen LogP contribution is 2.24. The Balaban J connectivity index is 1.40. The van der Waals surface area contributed by atoms with E-state index in [0.29, 0.717) is 23.1 Å². The molecule has 4 rings (SSSR count). The van der Waals surface area contributed by atoms with Crippen molar-refractivity contribution in [3.05, 3.63) is 99.6 Å². The van der Waals surface area contributed by atoms with Gasteiger partial charge in [-0.15, -0.1) is 0 Å². The number of para-hydroxylation sites is 1. The van der Waals surface area contributed by atoms with Crippen molar-refractivity contribution < 1.29 is 13.9 Å².